The van der Waals surface area contributed by atoms with Crippen molar-refractivity contribution in [2.45, 2.75) is 0 Å². The number of aromatic nitrogens is 2. The van der Waals surface area contributed by atoms with E-state index in [0.29, 0.717) is 11.4 Å². The maximum atomic E-state index is 9.55. The lowest BCUT2D eigenvalue weighted by Crippen LogP contribution is -1.86. The van der Waals surface area contributed by atoms with Crippen LogP contribution in [0.4, 0.5) is 0 Å². The molecule has 4 heteroatoms. The Bertz CT molecular complexity index is 1120. The van der Waals surface area contributed by atoms with Crippen LogP contribution in [0.1, 0.15) is 11.4 Å². The molecule has 0 radical (unpaired) electrons. The number of allylic oxidation sites excluding steroid dienone is 1. The van der Waals surface area contributed by atoms with Gasteiger partial charge in [-0.3, -0.25) is 0 Å². The van der Waals surface area contributed by atoms with E-state index in [1.165, 1.54) is 0 Å². The molecule has 0 aliphatic rings. The second-order valence-corrected chi connectivity index (χ2v) is 5.74. The van der Waals surface area contributed by atoms with Crippen molar-refractivity contribution in [3.05, 3.63) is 72.1 Å². The molecular formula is C21H15N3O. The van der Waals surface area contributed by atoms with Crippen molar-refractivity contribution >= 4 is 33.5 Å². The first-order valence-electron chi connectivity index (χ1n) is 7.91. The van der Waals surface area contributed by atoms with Crippen molar-refractivity contribution in [1.82, 2.24) is 9.97 Å². The van der Waals surface area contributed by atoms with Gasteiger partial charge in [0.2, 0.25) is 0 Å². The number of para-hydroxylation sites is 2. The topological polar surface area (TPSA) is 61.7 Å². The Morgan fingerprint density at radius 3 is 2.68 bits per heavy atom. The number of hydrogen-bond donors (Lipinski definition) is 1. The van der Waals surface area contributed by atoms with E-state index in [4.69, 9.17) is 4.74 Å². The number of H-pyrrole nitrogens is 1. The molecule has 0 fully saturated rings. The monoisotopic (exact) mass is 325 g/mol. The Morgan fingerprint density at radius 1 is 1.08 bits per heavy atom. The van der Waals surface area contributed by atoms with E-state index in [1.807, 2.05) is 60.7 Å². The average Bonchev–Trinajstić information content (AvgIpc) is 3.09. The SMILES string of the molecule is COc1ccc2cc(/C=C(/C#N)c3nc4ccccc4[nH]3)ccc2c1. The molecule has 3 aromatic carbocycles. The highest BCUT2D eigenvalue weighted by atomic mass is 16.5. The van der Waals surface area contributed by atoms with Crippen LogP contribution in [-0.2, 0) is 0 Å². The summed E-state index contributed by atoms with van der Waals surface area (Å²) in [7, 11) is 1.66. The summed E-state index contributed by atoms with van der Waals surface area (Å²) in [4.78, 5) is 7.70. The standard InChI is InChI=1S/C21H15N3O/c1-25-18-9-8-15-10-14(6-7-16(15)12-18)11-17(13-22)21-23-19-4-2-3-5-20(19)24-21/h2-12H,1H3,(H,23,24)/b17-11-. The molecule has 0 aliphatic heterocycles. The van der Waals surface area contributed by atoms with E-state index in [1.54, 1.807) is 7.11 Å². The van der Waals surface area contributed by atoms with Crippen molar-refractivity contribution < 1.29 is 4.74 Å². The molecule has 0 saturated heterocycles. The van der Waals surface area contributed by atoms with Gasteiger partial charge >= 0.3 is 0 Å². The summed E-state index contributed by atoms with van der Waals surface area (Å²) >= 11 is 0. The number of imidazole rings is 1. The zero-order chi connectivity index (χ0) is 17.2. The summed E-state index contributed by atoms with van der Waals surface area (Å²) in [6, 6.07) is 22.0. The van der Waals surface area contributed by atoms with E-state index < -0.39 is 0 Å². The van der Waals surface area contributed by atoms with Crippen LogP contribution in [-0.4, -0.2) is 17.1 Å². The molecule has 25 heavy (non-hydrogen) atoms. The van der Waals surface area contributed by atoms with Gasteiger partial charge in [0.25, 0.3) is 0 Å². The number of methoxy groups -OCH3 is 1. The van der Waals surface area contributed by atoms with Crippen molar-refractivity contribution in [3.63, 3.8) is 0 Å². The normalized spacial score (nSPS) is 11.6. The van der Waals surface area contributed by atoms with Gasteiger partial charge in [-0.25, -0.2) is 4.98 Å². The predicted octanol–water partition coefficient (Wildman–Crippen LogP) is 4.79. The third-order valence-corrected chi connectivity index (χ3v) is 4.15. The van der Waals surface area contributed by atoms with Crippen LogP contribution in [0.3, 0.4) is 0 Å². The number of rotatable bonds is 3. The summed E-state index contributed by atoms with van der Waals surface area (Å²) < 4.78 is 5.25. The molecule has 0 saturated carbocycles. The molecule has 0 atom stereocenters. The third kappa shape index (κ3) is 2.84. The minimum Gasteiger partial charge on any atom is -0.497 e. The van der Waals surface area contributed by atoms with Crippen LogP contribution < -0.4 is 4.74 Å². The fourth-order valence-electron chi connectivity index (χ4n) is 2.86. The summed E-state index contributed by atoms with van der Waals surface area (Å²) in [5.41, 5.74) is 3.23. The molecule has 4 aromatic rings. The summed E-state index contributed by atoms with van der Waals surface area (Å²) in [5, 5.41) is 11.7. The second kappa shape index (κ2) is 6.14. The number of nitrogens with zero attached hydrogens (tertiary/aromatic N) is 2. The van der Waals surface area contributed by atoms with Gasteiger partial charge in [-0.2, -0.15) is 5.26 Å². The molecule has 4 rings (SSSR count). The number of nitriles is 1. The van der Waals surface area contributed by atoms with Crippen LogP contribution in [0.15, 0.2) is 60.7 Å². The number of nitrogens with one attached hydrogen (secondary N) is 1. The van der Waals surface area contributed by atoms with Gasteiger partial charge in [-0.05, 0) is 52.7 Å². The molecule has 0 bridgehead atoms. The lowest BCUT2D eigenvalue weighted by Gasteiger charge is -2.04. The Labute approximate surface area is 145 Å². The number of aromatic amines is 1. The highest BCUT2D eigenvalue weighted by Gasteiger charge is 2.08. The molecule has 0 amide bonds. The lowest BCUT2D eigenvalue weighted by molar-refractivity contribution is 0.415. The molecule has 1 N–H and O–H groups in total. The minimum absolute atomic E-state index is 0.504. The van der Waals surface area contributed by atoms with Crippen molar-refractivity contribution in [2.75, 3.05) is 7.11 Å². The van der Waals surface area contributed by atoms with Gasteiger partial charge in [0, 0.05) is 0 Å². The first-order chi connectivity index (χ1) is 12.3. The summed E-state index contributed by atoms with van der Waals surface area (Å²) in [6.07, 6.45) is 1.85. The number of benzene rings is 3. The number of hydrogen-bond acceptors (Lipinski definition) is 3. The largest absolute Gasteiger partial charge is 0.497 e. The Kier molecular flexibility index (Phi) is 3.68. The van der Waals surface area contributed by atoms with Crippen LogP contribution in [0.25, 0.3) is 33.5 Å². The lowest BCUT2D eigenvalue weighted by atomic mass is 10.0. The zero-order valence-corrected chi connectivity index (χ0v) is 13.7. The van der Waals surface area contributed by atoms with E-state index in [2.05, 4.69) is 22.1 Å². The highest BCUT2D eigenvalue weighted by molar-refractivity contribution is 5.93. The Morgan fingerprint density at radius 2 is 1.88 bits per heavy atom. The van der Waals surface area contributed by atoms with Crippen LogP contribution in [0, 0.1) is 11.3 Å². The quantitative estimate of drug-likeness (QED) is 0.551. The van der Waals surface area contributed by atoms with Crippen molar-refractivity contribution in [2.24, 2.45) is 0 Å². The van der Waals surface area contributed by atoms with Crippen LogP contribution in [0.5, 0.6) is 5.75 Å². The molecule has 0 unspecified atom stereocenters. The molecule has 0 spiro atoms. The van der Waals surface area contributed by atoms with E-state index in [-0.39, 0.29) is 0 Å². The first-order valence-corrected chi connectivity index (χ1v) is 7.91. The van der Waals surface area contributed by atoms with Gasteiger partial charge in [0.1, 0.15) is 17.6 Å². The fourth-order valence-corrected chi connectivity index (χ4v) is 2.86. The molecule has 1 aromatic heterocycles. The van der Waals surface area contributed by atoms with Gasteiger partial charge in [-0.15, -0.1) is 0 Å². The Balaban J connectivity index is 1.77. The minimum atomic E-state index is 0.504. The van der Waals surface area contributed by atoms with Gasteiger partial charge in [0.15, 0.2) is 0 Å². The fraction of sp³-hybridized carbons (Fsp3) is 0.0476. The zero-order valence-electron chi connectivity index (χ0n) is 13.7. The molecule has 0 aliphatic carbocycles. The van der Waals surface area contributed by atoms with E-state index in [0.717, 1.165) is 33.1 Å². The highest BCUT2D eigenvalue weighted by Crippen LogP contribution is 2.24. The van der Waals surface area contributed by atoms with Crippen molar-refractivity contribution in [3.8, 4) is 11.8 Å². The number of ether oxygens (including phenoxy) is 1. The van der Waals surface area contributed by atoms with Gasteiger partial charge in [0.05, 0.1) is 23.7 Å². The van der Waals surface area contributed by atoms with Gasteiger partial charge in [-0.1, -0.05) is 30.3 Å². The smallest absolute Gasteiger partial charge is 0.149 e. The predicted molar refractivity (Wildman–Crippen MR) is 100 cm³/mol. The third-order valence-electron chi connectivity index (χ3n) is 4.15. The summed E-state index contributed by atoms with van der Waals surface area (Å²) in [6.45, 7) is 0. The molecule has 1 heterocycles. The Hall–Kier alpha value is -3.58. The maximum Gasteiger partial charge on any atom is 0.149 e. The molecular weight excluding hydrogens is 310 g/mol. The van der Waals surface area contributed by atoms with Gasteiger partial charge < -0.3 is 9.72 Å². The number of fused-ring (bicyclic) bond motifs is 2. The van der Waals surface area contributed by atoms with E-state index >= 15 is 0 Å². The van der Waals surface area contributed by atoms with Crippen LogP contribution >= 0.6 is 0 Å². The average molecular weight is 325 g/mol. The second-order valence-electron chi connectivity index (χ2n) is 5.74. The maximum absolute atomic E-state index is 9.55. The molecule has 120 valence electrons. The van der Waals surface area contributed by atoms with E-state index in [9.17, 15) is 5.26 Å². The van der Waals surface area contributed by atoms with Crippen LogP contribution in [0.2, 0.25) is 0 Å². The first kappa shape index (κ1) is 15.0. The van der Waals surface area contributed by atoms with Crippen molar-refractivity contribution in [1.29, 1.82) is 5.26 Å². The molecule has 4 nitrogen and oxygen atoms in total. The summed E-state index contributed by atoms with van der Waals surface area (Å²) in [5.74, 6) is 1.41.